The summed E-state index contributed by atoms with van der Waals surface area (Å²) in [5.41, 5.74) is 1.01. The predicted octanol–water partition coefficient (Wildman–Crippen LogP) is 1.47. The van der Waals surface area contributed by atoms with E-state index in [2.05, 4.69) is 17.2 Å². The van der Waals surface area contributed by atoms with Crippen LogP contribution in [0.5, 0.6) is 0 Å². The van der Waals surface area contributed by atoms with Gasteiger partial charge in [-0.2, -0.15) is 0 Å². The Kier molecular flexibility index (Phi) is 6.73. The second-order valence-corrected chi connectivity index (χ2v) is 6.09. The Bertz CT molecular complexity index is 512. The molecular weight excluding hydrogens is 272 g/mol. The number of aliphatic hydroxyl groups is 1. The lowest BCUT2D eigenvalue weighted by molar-refractivity contribution is 0.0938. The Balaban J connectivity index is 2.71. The largest absolute Gasteiger partial charge is 0.395 e. The lowest BCUT2D eigenvalue weighted by atomic mass is 10.2. The van der Waals surface area contributed by atoms with Crippen molar-refractivity contribution in [2.24, 2.45) is 0 Å². The fraction of sp³-hybridized carbons (Fsp3) is 0.533. The van der Waals surface area contributed by atoms with Crippen LogP contribution in [0.2, 0.25) is 0 Å². The number of thiophene rings is 1. The molecule has 1 amide bonds. The van der Waals surface area contributed by atoms with Gasteiger partial charge in [0.2, 0.25) is 0 Å². The molecule has 0 aromatic carbocycles. The van der Waals surface area contributed by atoms with E-state index < -0.39 is 0 Å². The van der Waals surface area contributed by atoms with Gasteiger partial charge in [0.25, 0.3) is 5.91 Å². The average Bonchev–Trinajstić information content (AvgIpc) is 2.70. The second kappa shape index (κ2) is 8.05. The van der Waals surface area contributed by atoms with Crippen LogP contribution in [0.15, 0.2) is 6.07 Å². The maximum atomic E-state index is 12.1. The maximum absolute atomic E-state index is 12.1. The Morgan fingerprint density at radius 2 is 2.25 bits per heavy atom. The van der Waals surface area contributed by atoms with Crippen molar-refractivity contribution >= 4 is 17.2 Å². The molecule has 1 unspecified atom stereocenters. The van der Waals surface area contributed by atoms with Crippen molar-refractivity contribution in [3.8, 4) is 11.8 Å². The number of amides is 1. The number of carbonyl (C=O) groups excluding carboxylic acids is 1. The Morgan fingerprint density at radius 3 is 2.85 bits per heavy atom. The predicted molar refractivity (Wildman–Crippen MR) is 83.1 cm³/mol. The number of nitrogens with zero attached hydrogens (tertiary/aromatic N) is 1. The van der Waals surface area contributed by atoms with Gasteiger partial charge in [0.05, 0.1) is 16.4 Å². The molecule has 0 aliphatic carbocycles. The molecule has 5 heteroatoms. The highest BCUT2D eigenvalue weighted by molar-refractivity contribution is 7.14. The zero-order valence-electron chi connectivity index (χ0n) is 12.5. The summed E-state index contributed by atoms with van der Waals surface area (Å²) in [6.07, 6.45) is 0.457. The van der Waals surface area contributed by atoms with Crippen LogP contribution in [0, 0.1) is 18.8 Å². The molecule has 20 heavy (non-hydrogen) atoms. The minimum absolute atomic E-state index is 0.0531. The molecular formula is C15H22N2O2S. The van der Waals surface area contributed by atoms with Gasteiger partial charge in [0, 0.05) is 19.0 Å². The first-order valence-electron chi connectivity index (χ1n) is 6.59. The summed E-state index contributed by atoms with van der Waals surface area (Å²) < 4.78 is 0. The number of carbonyl (C=O) groups is 1. The molecule has 1 aromatic rings. The number of aryl methyl sites for hydroxylation is 1. The molecule has 0 saturated carbocycles. The second-order valence-electron chi connectivity index (χ2n) is 5.03. The van der Waals surface area contributed by atoms with Crippen LogP contribution < -0.4 is 5.32 Å². The molecule has 0 fully saturated rings. The van der Waals surface area contributed by atoms with Gasteiger partial charge < -0.3 is 15.3 Å². The van der Waals surface area contributed by atoms with Crippen molar-refractivity contribution < 1.29 is 9.90 Å². The van der Waals surface area contributed by atoms with E-state index in [4.69, 9.17) is 5.11 Å². The van der Waals surface area contributed by atoms with Crippen LogP contribution in [0.1, 0.15) is 33.5 Å². The fourth-order valence-corrected chi connectivity index (χ4v) is 2.76. The molecule has 4 nitrogen and oxygen atoms in total. The van der Waals surface area contributed by atoms with Crippen LogP contribution in [0.25, 0.3) is 0 Å². The standard InChI is InChI=1S/C15H22N2O2S/c1-11-9-14(20-13(11)7-5-6-8-18)15(19)16-12(2)10-17(3)4/h9,12,18H,6,8,10H2,1-4H3,(H,16,19). The Hall–Kier alpha value is -1.35. The van der Waals surface area contributed by atoms with Gasteiger partial charge in [-0.1, -0.05) is 11.8 Å². The minimum atomic E-state index is -0.0531. The van der Waals surface area contributed by atoms with Gasteiger partial charge >= 0.3 is 0 Å². The van der Waals surface area contributed by atoms with Crippen molar-refractivity contribution in [3.05, 3.63) is 21.4 Å². The van der Waals surface area contributed by atoms with Crippen LogP contribution in [0.3, 0.4) is 0 Å². The number of likely N-dealkylation sites (N-methyl/N-ethyl adjacent to an activating group) is 1. The summed E-state index contributed by atoms with van der Waals surface area (Å²) in [6, 6.07) is 1.97. The number of nitrogens with one attached hydrogen (secondary N) is 1. The van der Waals surface area contributed by atoms with Crippen molar-refractivity contribution in [1.82, 2.24) is 10.2 Å². The smallest absolute Gasteiger partial charge is 0.261 e. The van der Waals surface area contributed by atoms with Crippen LogP contribution >= 0.6 is 11.3 Å². The van der Waals surface area contributed by atoms with Crippen LogP contribution in [-0.2, 0) is 0 Å². The average molecular weight is 294 g/mol. The van der Waals surface area contributed by atoms with Crippen LogP contribution in [0.4, 0.5) is 0 Å². The van der Waals surface area contributed by atoms with Gasteiger partial charge in [0.15, 0.2) is 0 Å². The number of hydrogen-bond acceptors (Lipinski definition) is 4. The molecule has 1 heterocycles. The Labute approximate surface area is 124 Å². The van der Waals surface area contributed by atoms with E-state index >= 15 is 0 Å². The van der Waals surface area contributed by atoms with E-state index in [1.54, 1.807) is 0 Å². The highest BCUT2D eigenvalue weighted by atomic mass is 32.1. The molecule has 0 spiro atoms. The molecule has 0 aliphatic heterocycles. The first-order valence-corrected chi connectivity index (χ1v) is 7.41. The molecule has 0 saturated heterocycles. The van der Waals surface area contributed by atoms with E-state index in [0.29, 0.717) is 11.3 Å². The SMILES string of the molecule is Cc1cc(C(=O)NC(C)CN(C)C)sc1C#CCCO. The highest BCUT2D eigenvalue weighted by Gasteiger charge is 2.14. The quantitative estimate of drug-likeness (QED) is 0.809. The topological polar surface area (TPSA) is 52.6 Å². The third-order valence-electron chi connectivity index (χ3n) is 2.60. The highest BCUT2D eigenvalue weighted by Crippen LogP contribution is 2.21. The summed E-state index contributed by atoms with van der Waals surface area (Å²) in [4.78, 5) is 15.7. The Morgan fingerprint density at radius 1 is 1.55 bits per heavy atom. The van der Waals surface area contributed by atoms with E-state index in [-0.39, 0.29) is 18.6 Å². The summed E-state index contributed by atoms with van der Waals surface area (Å²) in [5, 5.41) is 11.7. The number of hydrogen-bond donors (Lipinski definition) is 2. The zero-order chi connectivity index (χ0) is 15.1. The summed E-state index contributed by atoms with van der Waals surface area (Å²) in [7, 11) is 3.96. The molecule has 110 valence electrons. The lowest BCUT2D eigenvalue weighted by Crippen LogP contribution is -2.39. The van der Waals surface area contributed by atoms with E-state index in [0.717, 1.165) is 17.0 Å². The number of rotatable bonds is 5. The van der Waals surface area contributed by atoms with Gasteiger partial charge in [-0.15, -0.1) is 11.3 Å². The maximum Gasteiger partial charge on any atom is 0.261 e. The summed E-state index contributed by atoms with van der Waals surface area (Å²) in [6.45, 7) is 4.80. The monoisotopic (exact) mass is 294 g/mol. The molecule has 0 bridgehead atoms. The zero-order valence-corrected chi connectivity index (χ0v) is 13.3. The van der Waals surface area contributed by atoms with Crippen molar-refractivity contribution in [2.45, 2.75) is 26.3 Å². The molecule has 0 radical (unpaired) electrons. The molecule has 0 aliphatic rings. The normalized spacial score (nSPS) is 11.9. The molecule has 1 aromatic heterocycles. The van der Waals surface area contributed by atoms with Gasteiger partial charge in [-0.05, 0) is 39.6 Å². The third-order valence-corrected chi connectivity index (χ3v) is 3.75. The first kappa shape index (κ1) is 16.7. The van der Waals surface area contributed by atoms with E-state index in [1.165, 1.54) is 11.3 Å². The van der Waals surface area contributed by atoms with Gasteiger partial charge in [-0.25, -0.2) is 0 Å². The molecule has 1 atom stereocenters. The third kappa shape index (κ3) is 5.33. The van der Waals surface area contributed by atoms with Gasteiger partial charge in [-0.3, -0.25) is 4.79 Å². The van der Waals surface area contributed by atoms with Crippen LogP contribution in [-0.4, -0.2) is 49.2 Å². The van der Waals surface area contributed by atoms with E-state index in [1.807, 2.05) is 38.9 Å². The van der Waals surface area contributed by atoms with E-state index in [9.17, 15) is 4.79 Å². The first-order chi connectivity index (χ1) is 9.43. The lowest BCUT2D eigenvalue weighted by Gasteiger charge is -2.17. The molecule has 1 rings (SSSR count). The minimum Gasteiger partial charge on any atom is -0.395 e. The number of aliphatic hydroxyl groups excluding tert-OH is 1. The summed E-state index contributed by atoms with van der Waals surface area (Å²) in [5.74, 6) is 5.83. The van der Waals surface area contributed by atoms with Crippen molar-refractivity contribution in [3.63, 3.8) is 0 Å². The fourth-order valence-electron chi connectivity index (χ4n) is 1.81. The van der Waals surface area contributed by atoms with Crippen molar-refractivity contribution in [1.29, 1.82) is 0 Å². The van der Waals surface area contributed by atoms with Crippen molar-refractivity contribution in [2.75, 3.05) is 27.2 Å². The summed E-state index contributed by atoms with van der Waals surface area (Å²) >= 11 is 1.40. The molecule has 2 N–H and O–H groups in total. The van der Waals surface area contributed by atoms with Gasteiger partial charge in [0.1, 0.15) is 0 Å².